The summed E-state index contributed by atoms with van der Waals surface area (Å²) in [5.41, 5.74) is 3.93. The van der Waals surface area contributed by atoms with E-state index in [9.17, 15) is 4.79 Å². The molecule has 1 amide bonds. The third-order valence-electron chi connectivity index (χ3n) is 3.63. The van der Waals surface area contributed by atoms with E-state index in [2.05, 4.69) is 5.32 Å². The van der Waals surface area contributed by atoms with Crippen LogP contribution >= 0.6 is 11.6 Å². The van der Waals surface area contributed by atoms with Gasteiger partial charge in [0.15, 0.2) is 0 Å². The highest BCUT2D eigenvalue weighted by Gasteiger charge is 2.10. The molecule has 116 valence electrons. The standard InChI is InChI=1S/C18H20ClNO2/c1-12-6-4-7-13(2)18(12)20-16(21)11-10-14-8-5-9-15(22-3)17(14)19/h4-9H,10-11H2,1-3H3,(H,20,21). The Balaban J connectivity index is 2.02. The first-order valence-corrected chi connectivity index (χ1v) is 7.58. The number of benzene rings is 2. The Morgan fingerprint density at radius 2 is 1.77 bits per heavy atom. The van der Waals surface area contributed by atoms with Crippen LogP contribution in [0.3, 0.4) is 0 Å². The molecule has 0 aliphatic carbocycles. The number of amides is 1. The van der Waals surface area contributed by atoms with Crippen molar-refractivity contribution in [1.29, 1.82) is 0 Å². The van der Waals surface area contributed by atoms with Gasteiger partial charge in [0.25, 0.3) is 0 Å². The lowest BCUT2D eigenvalue weighted by Gasteiger charge is -2.12. The zero-order chi connectivity index (χ0) is 16.1. The van der Waals surface area contributed by atoms with Gasteiger partial charge in [-0.25, -0.2) is 0 Å². The van der Waals surface area contributed by atoms with Crippen molar-refractivity contribution in [3.63, 3.8) is 0 Å². The Morgan fingerprint density at radius 1 is 1.14 bits per heavy atom. The summed E-state index contributed by atoms with van der Waals surface area (Å²) in [5.74, 6) is 0.616. The highest BCUT2D eigenvalue weighted by Crippen LogP contribution is 2.28. The van der Waals surface area contributed by atoms with Gasteiger partial charge in [0.1, 0.15) is 5.75 Å². The van der Waals surface area contributed by atoms with Crippen molar-refractivity contribution in [3.8, 4) is 5.75 Å². The normalized spacial score (nSPS) is 10.4. The summed E-state index contributed by atoms with van der Waals surface area (Å²) < 4.78 is 5.19. The van der Waals surface area contributed by atoms with E-state index >= 15 is 0 Å². The number of para-hydroxylation sites is 1. The number of hydrogen-bond donors (Lipinski definition) is 1. The fourth-order valence-electron chi connectivity index (χ4n) is 2.37. The smallest absolute Gasteiger partial charge is 0.224 e. The van der Waals surface area contributed by atoms with Crippen molar-refractivity contribution < 1.29 is 9.53 Å². The van der Waals surface area contributed by atoms with Crippen LogP contribution in [0.25, 0.3) is 0 Å². The molecule has 0 unspecified atom stereocenters. The molecule has 2 rings (SSSR count). The summed E-state index contributed by atoms with van der Waals surface area (Å²) in [6, 6.07) is 11.6. The third-order valence-corrected chi connectivity index (χ3v) is 4.06. The number of aryl methyl sites for hydroxylation is 3. The molecule has 0 aliphatic rings. The average molecular weight is 318 g/mol. The highest BCUT2D eigenvalue weighted by molar-refractivity contribution is 6.32. The zero-order valence-corrected chi connectivity index (χ0v) is 13.8. The molecule has 0 aliphatic heterocycles. The van der Waals surface area contributed by atoms with Gasteiger partial charge in [0, 0.05) is 12.1 Å². The summed E-state index contributed by atoms with van der Waals surface area (Å²) in [5, 5.41) is 3.56. The lowest BCUT2D eigenvalue weighted by atomic mass is 10.1. The topological polar surface area (TPSA) is 38.3 Å². The summed E-state index contributed by atoms with van der Waals surface area (Å²) in [6.07, 6.45) is 0.952. The van der Waals surface area contributed by atoms with Crippen molar-refractivity contribution in [2.24, 2.45) is 0 Å². The first-order chi connectivity index (χ1) is 10.5. The predicted octanol–water partition coefficient (Wildman–Crippen LogP) is 4.54. The van der Waals surface area contributed by atoms with Gasteiger partial charge < -0.3 is 10.1 Å². The van der Waals surface area contributed by atoms with Gasteiger partial charge in [-0.05, 0) is 43.0 Å². The largest absolute Gasteiger partial charge is 0.495 e. The number of halogens is 1. The van der Waals surface area contributed by atoms with E-state index in [1.54, 1.807) is 7.11 Å². The van der Waals surface area contributed by atoms with Gasteiger partial charge in [-0.1, -0.05) is 41.9 Å². The van der Waals surface area contributed by atoms with E-state index in [1.807, 2.05) is 50.2 Å². The lowest BCUT2D eigenvalue weighted by Crippen LogP contribution is -2.14. The molecule has 1 N–H and O–H groups in total. The summed E-state index contributed by atoms with van der Waals surface area (Å²) in [7, 11) is 1.58. The Morgan fingerprint density at radius 3 is 2.41 bits per heavy atom. The fourth-order valence-corrected chi connectivity index (χ4v) is 2.67. The maximum atomic E-state index is 12.2. The molecule has 0 saturated carbocycles. The molecular weight excluding hydrogens is 298 g/mol. The van der Waals surface area contributed by atoms with E-state index in [0.29, 0.717) is 23.6 Å². The first kappa shape index (κ1) is 16.4. The first-order valence-electron chi connectivity index (χ1n) is 7.20. The summed E-state index contributed by atoms with van der Waals surface area (Å²) in [6.45, 7) is 3.98. The molecule has 2 aromatic rings. The number of hydrogen-bond acceptors (Lipinski definition) is 2. The van der Waals surface area contributed by atoms with Crippen molar-refractivity contribution in [2.75, 3.05) is 12.4 Å². The number of rotatable bonds is 5. The molecule has 0 heterocycles. The molecule has 3 nitrogen and oxygen atoms in total. The Bertz CT molecular complexity index is 663. The quantitative estimate of drug-likeness (QED) is 0.879. The molecular formula is C18H20ClNO2. The zero-order valence-electron chi connectivity index (χ0n) is 13.1. The number of ether oxygens (including phenoxy) is 1. The van der Waals surface area contributed by atoms with E-state index < -0.39 is 0 Å². The minimum atomic E-state index is -0.0173. The SMILES string of the molecule is COc1cccc(CCC(=O)Nc2c(C)cccc2C)c1Cl. The van der Waals surface area contributed by atoms with Gasteiger partial charge >= 0.3 is 0 Å². The van der Waals surface area contributed by atoms with Crippen LogP contribution in [0.5, 0.6) is 5.75 Å². The molecule has 0 spiro atoms. The maximum Gasteiger partial charge on any atom is 0.224 e. The second-order valence-electron chi connectivity index (χ2n) is 5.25. The van der Waals surface area contributed by atoms with Crippen molar-refractivity contribution in [1.82, 2.24) is 0 Å². The molecule has 0 bridgehead atoms. The number of carbonyl (C=O) groups excluding carboxylic acids is 1. The summed E-state index contributed by atoms with van der Waals surface area (Å²) >= 11 is 6.25. The van der Waals surface area contributed by atoms with Crippen molar-refractivity contribution in [2.45, 2.75) is 26.7 Å². The lowest BCUT2D eigenvalue weighted by molar-refractivity contribution is -0.116. The van der Waals surface area contributed by atoms with Gasteiger partial charge in [0.2, 0.25) is 5.91 Å². The molecule has 0 fully saturated rings. The van der Waals surface area contributed by atoms with E-state index in [0.717, 1.165) is 22.4 Å². The highest BCUT2D eigenvalue weighted by atomic mass is 35.5. The average Bonchev–Trinajstić information content (AvgIpc) is 2.50. The number of anilines is 1. The predicted molar refractivity (Wildman–Crippen MR) is 90.9 cm³/mol. The van der Waals surface area contributed by atoms with E-state index in [-0.39, 0.29) is 5.91 Å². The Kier molecular flexibility index (Phi) is 5.45. The van der Waals surface area contributed by atoms with Gasteiger partial charge in [-0.3, -0.25) is 4.79 Å². The van der Waals surface area contributed by atoms with Crippen LogP contribution in [0.1, 0.15) is 23.1 Å². The van der Waals surface area contributed by atoms with E-state index in [4.69, 9.17) is 16.3 Å². The maximum absolute atomic E-state index is 12.2. The van der Waals surface area contributed by atoms with Gasteiger partial charge in [-0.15, -0.1) is 0 Å². The van der Waals surface area contributed by atoms with Crippen LogP contribution in [0.15, 0.2) is 36.4 Å². The Hall–Kier alpha value is -2.00. The molecule has 0 aromatic heterocycles. The van der Waals surface area contributed by atoms with Crippen LogP contribution < -0.4 is 10.1 Å². The molecule has 0 saturated heterocycles. The van der Waals surface area contributed by atoms with Gasteiger partial charge in [-0.2, -0.15) is 0 Å². The number of carbonyl (C=O) groups is 1. The molecule has 4 heteroatoms. The number of nitrogens with one attached hydrogen (secondary N) is 1. The second-order valence-corrected chi connectivity index (χ2v) is 5.63. The molecule has 2 aromatic carbocycles. The molecule has 22 heavy (non-hydrogen) atoms. The number of methoxy groups -OCH3 is 1. The van der Waals surface area contributed by atoms with E-state index in [1.165, 1.54) is 0 Å². The van der Waals surface area contributed by atoms with Gasteiger partial charge in [0.05, 0.1) is 12.1 Å². The van der Waals surface area contributed by atoms with Crippen molar-refractivity contribution >= 4 is 23.2 Å². The monoisotopic (exact) mass is 317 g/mol. The fraction of sp³-hybridized carbons (Fsp3) is 0.278. The van der Waals surface area contributed by atoms with Crippen LogP contribution in [-0.4, -0.2) is 13.0 Å². The van der Waals surface area contributed by atoms with Crippen LogP contribution in [0.2, 0.25) is 5.02 Å². The molecule has 0 atom stereocenters. The minimum absolute atomic E-state index is 0.0173. The molecule has 0 radical (unpaired) electrons. The minimum Gasteiger partial charge on any atom is -0.495 e. The van der Waals surface area contributed by atoms with Crippen molar-refractivity contribution in [3.05, 3.63) is 58.1 Å². The third kappa shape index (κ3) is 3.80. The Labute approximate surface area is 136 Å². The van der Waals surface area contributed by atoms with Crippen LogP contribution in [0.4, 0.5) is 5.69 Å². The summed E-state index contributed by atoms with van der Waals surface area (Å²) in [4.78, 5) is 12.2. The van der Waals surface area contributed by atoms with Crippen LogP contribution in [-0.2, 0) is 11.2 Å². The second kappa shape index (κ2) is 7.32. The van der Waals surface area contributed by atoms with Crippen LogP contribution in [0, 0.1) is 13.8 Å².